The van der Waals surface area contributed by atoms with E-state index in [2.05, 4.69) is 24.9 Å². The number of aromatic amines is 1. The van der Waals surface area contributed by atoms with E-state index in [1.165, 1.54) is 5.56 Å². The van der Waals surface area contributed by atoms with E-state index in [-0.39, 0.29) is 0 Å². The van der Waals surface area contributed by atoms with Gasteiger partial charge in [0.05, 0.1) is 11.1 Å². The van der Waals surface area contributed by atoms with Crippen molar-refractivity contribution in [2.45, 2.75) is 19.8 Å². The highest BCUT2D eigenvalue weighted by atomic mass is 35.5. The summed E-state index contributed by atoms with van der Waals surface area (Å²) in [6.07, 6.45) is 0.797. The summed E-state index contributed by atoms with van der Waals surface area (Å²) in [6.45, 7) is 4.23. The van der Waals surface area contributed by atoms with Gasteiger partial charge in [0.25, 0.3) is 0 Å². The Morgan fingerprint density at radius 3 is 2.73 bits per heavy atom. The van der Waals surface area contributed by atoms with Crippen LogP contribution in [-0.2, 0) is 0 Å². The molecule has 1 aromatic carbocycles. The Balaban J connectivity index is 2.83. The first-order valence-corrected chi connectivity index (χ1v) is 5.28. The minimum absolute atomic E-state index is 0.405. The number of hydrogen-bond acceptors (Lipinski definition) is 1. The molecule has 2 aromatic rings. The van der Waals surface area contributed by atoms with Crippen LogP contribution in [-0.4, -0.2) is 11.3 Å². The summed E-state index contributed by atoms with van der Waals surface area (Å²) in [7, 11) is 0. The summed E-state index contributed by atoms with van der Waals surface area (Å²) >= 11 is 5.96. The second-order valence-corrected chi connectivity index (χ2v) is 4.27. The molecule has 15 heavy (non-hydrogen) atoms. The molecule has 0 radical (unpaired) electrons. The van der Waals surface area contributed by atoms with Crippen LogP contribution in [0.2, 0.25) is 5.15 Å². The van der Waals surface area contributed by atoms with Gasteiger partial charge in [0.15, 0.2) is 6.29 Å². The highest BCUT2D eigenvalue weighted by molar-refractivity contribution is 6.34. The van der Waals surface area contributed by atoms with E-state index in [1.807, 2.05) is 12.1 Å². The van der Waals surface area contributed by atoms with E-state index in [0.29, 0.717) is 16.6 Å². The Bertz CT molecular complexity index is 514. The highest BCUT2D eigenvalue weighted by Gasteiger charge is 2.12. The first-order valence-electron chi connectivity index (χ1n) is 4.90. The molecule has 0 fully saturated rings. The molecule has 0 unspecified atom stereocenters. The largest absolute Gasteiger partial charge is 0.345 e. The molecule has 3 heteroatoms. The smallest absolute Gasteiger partial charge is 0.153 e. The van der Waals surface area contributed by atoms with Gasteiger partial charge in [-0.15, -0.1) is 0 Å². The molecule has 0 bridgehead atoms. The van der Waals surface area contributed by atoms with Crippen LogP contribution in [0.5, 0.6) is 0 Å². The normalized spacial score (nSPS) is 11.2. The quantitative estimate of drug-likeness (QED) is 0.770. The third-order valence-electron chi connectivity index (χ3n) is 2.60. The van der Waals surface area contributed by atoms with E-state index >= 15 is 0 Å². The van der Waals surface area contributed by atoms with Gasteiger partial charge in [-0.25, -0.2) is 0 Å². The molecule has 1 N–H and O–H groups in total. The number of carbonyl (C=O) groups is 1. The molecule has 1 heterocycles. The van der Waals surface area contributed by atoms with Crippen LogP contribution in [0, 0.1) is 0 Å². The van der Waals surface area contributed by atoms with Gasteiger partial charge in [0, 0.05) is 5.39 Å². The van der Waals surface area contributed by atoms with Crippen LogP contribution in [0.3, 0.4) is 0 Å². The monoisotopic (exact) mass is 221 g/mol. The van der Waals surface area contributed by atoms with Gasteiger partial charge in [0.1, 0.15) is 5.15 Å². The van der Waals surface area contributed by atoms with Gasteiger partial charge >= 0.3 is 0 Å². The molecule has 0 saturated carbocycles. The first kappa shape index (κ1) is 10.2. The lowest BCUT2D eigenvalue weighted by atomic mass is 10.00. The van der Waals surface area contributed by atoms with Crippen LogP contribution in [0.1, 0.15) is 35.7 Å². The number of H-pyrrole nitrogens is 1. The van der Waals surface area contributed by atoms with Crippen LogP contribution in [0.25, 0.3) is 10.9 Å². The highest BCUT2D eigenvalue weighted by Crippen LogP contribution is 2.30. The number of hydrogen-bond donors (Lipinski definition) is 1. The van der Waals surface area contributed by atoms with Gasteiger partial charge in [-0.05, 0) is 11.5 Å². The van der Waals surface area contributed by atoms with E-state index in [9.17, 15) is 4.79 Å². The average Bonchev–Trinajstić information content (AvgIpc) is 2.52. The number of para-hydroxylation sites is 1. The molecule has 2 rings (SSSR count). The van der Waals surface area contributed by atoms with Crippen molar-refractivity contribution in [3.05, 3.63) is 34.5 Å². The molecule has 0 aliphatic rings. The molecule has 0 saturated heterocycles. The predicted octanol–water partition coefficient (Wildman–Crippen LogP) is 3.76. The minimum atomic E-state index is 0.405. The van der Waals surface area contributed by atoms with Crippen LogP contribution in [0.4, 0.5) is 0 Å². The van der Waals surface area contributed by atoms with Crippen molar-refractivity contribution in [1.82, 2.24) is 4.98 Å². The van der Waals surface area contributed by atoms with Crippen molar-refractivity contribution >= 4 is 28.8 Å². The molecular weight excluding hydrogens is 210 g/mol. The van der Waals surface area contributed by atoms with Crippen molar-refractivity contribution in [3.8, 4) is 0 Å². The number of halogens is 1. The van der Waals surface area contributed by atoms with Gasteiger partial charge in [-0.1, -0.05) is 43.6 Å². The maximum atomic E-state index is 10.9. The lowest BCUT2D eigenvalue weighted by molar-refractivity contribution is 0.112. The van der Waals surface area contributed by atoms with Crippen LogP contribution < -0.4 is 0 Å². The molecular formula is C12H12ClNO. The summed E-state index contributed by atoms with van der Waals surface area (Å²) in [5.41, 5.74) is 2.70. The lowest BCUT2D eigenvalue weighted by Crippen LogP contribution is -1.88. The molecule has 2 nitrogen and oxygen atoms in total. The van der Waals surface area contributed by atoms with E-state index < -0.39 is 0 Å². The Morgan fingerprint density at radius 1 is 1.40 bits per heavy atom. The SMILES string of the molecule is CC(C)c1cccc2c(C=O)c(Cl)[nH]c12. The summed E-state index contributed by atoms with van der Waals surface area (Å²) in [4.78, 5) is 13.9. The maximum absolute atomic E-state index is 10.9. The van der Waals surface area contributed by atoms with Gasteiger partial charge in [-0.3, -0.25) is 4.79 Å². The van der Waals surface area contributed by atoms with Crippen LogP contribution >= 0.6 is 11.6 Å². The number of carbonyl (C=O) groups excluding carboxylic acids is 1. The van der Waals surface area contributed by atoms with Crippen molar-refractivity contribution in [2.24, 2.45) is 0 Å². The number of aromatic nitrogens is 1. The van der Waals surface area contributed by atoms with Gasteiger partial charge < -0.3 is 4.98 Å². The van der Waals surface area contributed by atoms with E-state index in [1.54, 1.807) is 0 Å². The summed E-state index contributed by atoms with van der Waals surface area (Å²) < 4.78 is 0. The zero-order chi connectivity index (χ0) is 11.0. The summed E-state index contributed by atoms with van der Waals surface area (Å²) in [6, 6.07) is 5.91. The van der Waals surface area contributed by atoms with E-state index in [0.717, 1.165) is 17.2 Å². The second-order valence-electron chi connectivity index (χ2n) is 3.90. The van der Waals surface area contributed by atoms with Crippen molar-refractivity contribution in [3.63, 3.8) is 0 Å². The molecule has 0 aliphatic heterocycles. The third-order valence-corrected chi connectivity index (χ3v) is 2.90. The Labute approximate surface area is 93.2 Å². The number of nitrogens with one attached hydrogen (secondary N) is 1. The molecule has 78 valence electrons. The van der Waals surface area contributed by atoms with Crippen molar-refractivity contribution in [1.29, 1.82) is 0 Å². The molecule has 0 spiro atoms. The van der Waals surface area contributed by atoms with E-state index in [4.69, 9.17) is 11.6 Å². The number of aldehydes is 1. The number of fused-ring (bicyclic) bond motifs is 1. The minimum Gasteiger partial charge on any atom is -0.345 e. The van der Waals surface area contributed by atoms with Crippen molar-refractivity contribution < 1.29 is 4.79 Å². The van der Waals surface area contributed by atoms with Crippen LogP contribution in [0.15, 0.2) is 18.2 Å². The zero-order valence-electron chi connectivity index (χ0n) is 8.67. The van der Waals surface area contributed by atoms with Gasteiger partial charge in [-0.2, -0.15) is 0 Å². The first-order chi connectivity index (χ1) is 7.15. The maximum Gasteiger partial charge on any atom is 0.153 e. The average molecular weight is 222 g/mol. The zero-order valence-corrected chi connectivity index (χ0v) is 9.43. The molecule has 0 aliphatic carbocycles. The fourth-order valence-electron chi connectivity index (χ4n) is 1.83. The Morgan fingerprint density at radius 2 is 2.13 bits per heavy atom. The number of benzene rings is 1. The van der Waals surface area contributed by atoms with Crippen molar-refractivity contribution in [2.75, 3.05) is 0 Å². The fraction of sp³-hybridized carbons (Fsp3) is 0.250. The summed E-state index contributed by atoms with van der Waals surface area (Å²) in [5.74, 6) is 0.405. The third kappa shape index (κ3) is 1.55. The number of rotatable bonds is 2. The fourth-order valence-corrected chi connectivity index (χ4v) is 2.07. The molecule has 1 aromatic heterocycles. The topological polar surface area (TPSA) is 32.9 Å². The van der Waals surface area contributed by atoms with Gasteiger partial charge in [0.2, 0.25) is 0 Å². The lowest BCUT2D eigenvalue weighted by Gasteiger charge is -2.06. The summed E-state index contributed by atoms with van der Waals surface area (Å²) in [5, 5.41) is 1.33. The Kier molecular flexibility index (Phi) is 2.53. The Hall–Kier alpha value is -1.28. The predicted molar refractivity (Wildman–Crippen MR) is 62.8 cm³/mol. The second kappa shape index (κ2) is 3.70. The molecule has 0 atom stereocenters. The molecule has 0 amide bonds. The standard InChI is InChI=1S/C12H12ClNO/c1-7(2)8-4-3-5-9-10(6-15)12(13)14-11(8)9/h3-7,14H,1-2H3.